The van der Waals surface area contributed by atoms with Crippen molar-refractivity contribution < 1.29 is 18.3 Å². The number of ether oxygens (including phenoxy) is 2. The zero-order chi connectivity index (χ0) is 18.9. The highest BCUT2D eigenvalue weighted by Gasteiger charge is 2.30. The minimum Gasteiger partial charge on any atom is -0.497 e. The summed E-state index contributed by atoms with van der Waals surface area (Å²) < 4.78 is 36.9. The van der Waals surface area contributed by atoms with Crippen molar-refractivity contribution >= 4 is 27.5 Å². The molecule has 1 aliphatic heterocycles. The molecular weight excluding hydrogens is 428 g/mol. The van der Waals surface area contributed by atoms with E-state index in [-0.39, 0.29) is 6.61 Å². The highest BCUT2D eigenvalue weighted by molar-refractivity contribution is 9.10. The molecule has 0 amide bonds. The van der Waals surface area contributed by atoms with Crippen molar-refractivity contribution in [1.29, 1.82) is 0 Å². The first-order chi connectivity index (χ1) is 12.5. The normalized spacial score (nSPS) is 17.5. The number of halogens is 4. The summed E-state index contributed by atoms with van der Waals surface area (Å²) in [7, 11) is 1.60. The van der Waals surface area contributed by atoms with E-state index in [9.17, 15) is 8.78 Å². The number of methoxy groups -OCH3 is 1. The molecule has 1 atom stereocenters. The molecule has 2 aromatic carbocycles. The van der Waals surface area contributed by atoms with Crippen molar-refractivity contribution in [2.24, 2.45) is 0 Å². The first kappa shape index (κ1) is 21.1. The molecule has 1 heterocycles. The van der Waals surface area contributed by atoms with Crippen LogP contribution in [0.1, 0.15) is 5.56 Å². The van der Waals surface area contributed by atoms with E-state index in [4.69, 9.17) is 21.1 Å². The lowest BCUT2D eigenvalue weighted by molar-refractivity contribution is -0.0743. The lowest BCUT2D eigenvalue weighted by Crippen LogP contribution is -2.48. The molecule has 0 spiro atoms. The Kier molecular flexibility index (Phi) is 8.78. The van der Waals surface area contributed by atoms with Gasteiger partial charge in [-0.25, -0.2) is 8.78 Å². The molecule has 2 aromatic rings. The number of nitrogens with zero attached hydrogens (tertiary/aromatic N) is 1. The highest BCUT2D eigenvalue weighted by Crippen LogP contribution is 2.19. The van der Waals surface area contributed by atoms with Gasteiger partial charge >= 0.3 is 0 Å². The maximum absolute atomic E-state index is 12.9. The first-order valence-corrected chi connectivity index (χ1v) is 9.30. The van der Waals surface area contributed by atoms with Crippen molar-refractivity contribution in [3.05, 3.63) is 63.6 Å². The molecule has 0 bridgehead atoms. The third-order valence-electron chi connectivity index (χ3n) is 3.90. The van der Waals surface area contributed by atoms with Gasteiger partial charge in [0.1, 0.15) is 5.75 Å². The average molecular weight is 449 g/mol. The van der Waals surface area contributed by atoms with Crippen LogP contribution in [0.4, 0.5) is 8.78 Å². The van der Waals surface area contributed by atoms with Crippen molar-refractivity contribution in [3.8, 4) is 5.75 Å². The van der Waals surface area contributed by atoms with Gasteiger partial charge in [0.15, 0.2) is 0 Å². The maximum Gasteiger partial charge on any atom is 0.256 e. The van der Waals surface area contributed by atoms with Crippen LogP contribution in [0.3, 0.4) is 0 Å². The van der Waals surface area contributed by atoms with E-state index in [0.29, 0.717) is 19.7 Å². The van der Waals surface area contributed by atoms with Crippen LogP contribution < -0.4 is 4.74 Å². The fourth-order valence-electron chi connectivity index (χ4n) is 2.51. The summed E-state index contributed by atoms with van der Waals surface area (Å²) in [5.41, 5.74) is 1.00. The van der Waals surface area contributed by atoms with Crippen molar-refractivity contribution in [1.82, 2.24) is 4.90 Å². The van der Waals surface area contributed by atoms with E-state index in [1.807, 2.05) is 48.5 Å². The Labute approximate surface area is 166 Å². The first-order valence-electron chi connectivity index (χ1n) is 8.13. The molecule has 0 N–H and O–H groups in total. The molecule has 0 aromatic heterocycles. The van der Waals surface area contributed by atoms with Gasteiger partial charge in [0.2, 0.25) is 0 Å². The van der Waals surface area contributed by atoms with Gasteiger partial charge in [0.25, 0.3) is 6.43 Å². The second kappa shape index (κ2) is 10.8. The molecule has 3 rings (SSSR count). The summed E-state index contributed by atoms with van der Waals surface area (Å²) >= 11 is 8.89. The monoisotopic (exact) mass is 447 g/mol. The average Bonchev–Trinajstić information content (AvgIpc) is 2.63. The smallest absolute Gasteiger partial charge is 0.256 e. The van der Waals surface area contributed by atoms with Gasteiger partial charge in [0.05, 0.1) is 26.4 Å². The minimum absolute atomic E-state index is 0.105. The maximum atomic E-state index is 12.9. The van der Waals surface area contributed by atoms with Gasteiger partial charge < -0.3 is 9.47 Å². The van der Waals surface area contributed by atoms with Gasteiger partial charge in [-0.2, -0.15) is 0 Å². The van der Waals surface area contributed by atoms with Crippen molar-refractivity contribution in [2.75, 3.05) is 26.9 Å². The Morgan fingerprint density at radius 2 is 2.00 bits per heavy atom. The van der Waals surface area contributed by atoms with Crippen LogP contribution >= 0.6 is 27.5 Å². The van der Waals surface area contributed by atoms with Crippen molar-refractivity contribution in [3.63, 3.8) is 0 Å². The molecule has 1 unspecified atom stereocenters. The van der Waals surface area contributed by atoms with Gasteiger partial charge in [-0.3, -0.25) is 4.90 Å². The lowest BCUT2D eigenvalue weighted by atomic mass is 10.1. The summed E-state index contributed by atoms with van der Waals surface area (Å²) in [5.74, 6) is 0.770. The Morgan fingerprint density at radius 3 is 2.54 bits per heavy atom. The summed E-state index contributed by atoms with van der Waals surface area (Å²) in [6.45, 7) is 1.68. The summed E-state index contributed by atoms with van der Waals surface area (Å²) in [4.78, 5) is 1.77. The third kappa shape index (κ3) is 6.83. The van der Waals surface area contributed by atoms with Crippen LogP contribution in [0.2, 0.25) is 5.02 Å². The van der Waals surface area contributed by atoms with Crippen LogP contribution in [0.5, 0.6) is 5.75 Å². The Hall–Kier alpha value is -1.21. The Bertz CT molecular complexity index is 656. The largest absolute Gasteiger partial charge is 0.497 e. The molecule has 0 radical (unpaired) electrons. The van der Waals surface area contributed by atoms with Crippen LogP contribution in [0.15, 0.2) is 53.0 Å². The summed E-state index contributed by atoms with van der Waals surface area (Å²) in [6.07, 6.45) is -2.37. The molecule has 1 aliphatic rings. The highest BCUT2D eigenvalue weighted by atomic mass is 79.9. The van der Waals surface area contributed by atoms with E-state index in [1.165, 1.54) is 0 Å². The van der Waals surface area contributed by atoms with Gasteiger partial charge in [-0.15, -0.1) is 0 Å². The predicted molar refractivity (Wildman–Crippen MR) is 103 cm³/mol. The molecule has 142 valence electrons. The van der Waals surface area contributed by atoms with E-state index in [0.717, 1.165) is 20.8 Å². The molecule has 1 saturated heterocycles. The number of alkyl halides is 2. The Morgan fingerprint density at radius 1 is 1.27 bits per heavy atom. The van der Waals surface area contributed by atoms with Gasteiger partial charge in [0, 0.05) is 22.6 Å². The molecule has 3 nitrogen and oxygen atoms in total. The summed E-state index contributed by atoms with van der Waals surface area (Å²) in [6, 6.07) is 14.2. The van der Waals surface area contributed by atoms with E-state index >= 15 is 0 Å². The van der Waals surface area contributed by atoms with Crippen LogP contribution in [0.25, 0.3) is 0 Å². The van der Waals surface area contributed by atoms with Crippen LogP contribution in [-0.2, 0) is 11.3 Å². The molecule has 0 aliphatic carbocycles. The molecule has 26 heavy (non-hydrogen) atoms. The van der Waals surface area contributed by atoms with Crippen LogP contribution in [0, 0.1) is 0 Å². The molecule has 1 fully saturated rings. The SMILES string of the molecule is COc1ccc(CN2CCOCC2C(F)F)cc1.Clc1cccc(Br)c1. The quantitative estimate of drug-likeness (QED) is 0.636. The van der Waals surface area contributed by atoms with E-state index < -0.39 is 12.5 Å². The standard InChI is InChI=1S/C13H17F2NO2.C6H4BrCl/c1-17-11-4-2-10(3-5-11)8-16-6-7-18-9-12(16)13(14)15;7-5-2-1-3-6(8)4-5/h2-5,12-13H,6-9H2,1H3;1-4H. The second-order valence-electron chi connectivity index (χ2n) is 5.74. The molecule has 7 heteroatoms. The number of benzene rings is 2. The van der Waals surface area contributed by atoms with Crippen molar-refractivity contribution in [2.45, 2.75) is 19.0 Å². The zero-order valence-corrected chi connectivity index (χ0v) is 16.7. The van der Waals surface area contributed by atoms with E-state index in [2.05, 4.69) is 15.9 Å². The number of hydrogen-bond donors (Lipinski definition) is 0. The molecule has 0 saturated carbocycles. The lowest BCUT2D eigenvalue weighted by Gasteiger charge is -2.34. The topological polar surface area (TPSA) is 21.7 Å². The predicted octanol–water partition coefficient (Wildman–Crippen LogP) is 5.26. The minimum atomic E-state index is -2.37. The second-order valence-corrected chi connectivity index (χ2v) is 7.09. The fraction of sp³-hybridized carbons (Fsp3) is 0.368. The fourth-order valence-corrected chi connectivity index (χ4v) is 3.23. The summed E-state index contributed by atoms with van der Waals surface area (Å²) in [5, 5.41) is 0.763. The molecular formula is C19H21BrClF2NO2. The van der Waals surface area contributed by atoms with Gasteiger partial charge in [-0.1, -0.05) is 45.7 Å². The third-order valence-corrected chi connectivity index (χ3v) is 4.63. The van der Waals surface area contributed by atoms with Gasteiger partial charge in [-0.05, 0) is 35.9 Å². The number of morpholine rings is 1. The van der Waals surface area contributed by atoms with Crippen LogP contribution in [-0.4, -0.2) is 44.2 Å². The number of hydrogen-bond acceptors (Lipinski definition) is 3. The Balaban J connectivity index is 0.000000254. The van der Waals surface area contributed by atoms with E-state index in [1.54, 1.807) is 12.0 Å². The zero-order valence-electron chi connectivity index (χ0n) is 14.4. The number of rotatable bonds is 4.